The summed E-state index contributed by atoms with van der Waals surface area (Å²) in [6, 6.07) is 10.8. The average molecular weight is 286 g/mol. The number of fused-ring (bicyclic) bond motifs is 1. The van der Waals surface area contributed by atoms with E-state index in [9.17, 15) is 15.0 Å². The first-order chi connectivity index (χ1) is 10.1. The molecule has 0 spiro atoms. The second-order valence-electron chi connectivity index (χ2n) is 5.69. The summed E-state index contributed by atoms with van der Waals surface area (Å²) in [6.07, 6.45) is 3.40. The Morgan fingerprint density at radius 1 is 1.14 bits per heavy atom. The van der Waals surface area contributed by atoms with Gasteiger partial charge in [-0.25, -0.2) is 4.79 Å². The van der Waals surface area contributed by atoms with Gasteiger partial charge in [-0.2, -0.15) is 0 Å². The summed E-state index contributed by atoms with van der Waals surface area (Å²) in [6.45, 7) is 0.144. The molecular weight excluding hydrogens is 268 g/mol. The molecule has 4 nitrogen and oxygen atoms in total. The summed E-state index contributed by atoms with van der Waals surface area (Å²) >= 11 is 0. The lowest BCUT2D eigenvalue weighted by molar-refractivity contribution is 0.000962. The number of hydrogen-bond acceptors (Lipinski definition) is 3. The van der Waals surface area contributed by atoms with Crippen molar-refractivity contribution in [2.75, 3.05) is 6.61 Å². The smallest absolute Gasteiger partial charge is 0.340 e. The lowest BCUT2D eigenvalue weighted by Gasteiger charge is -2.23. The Balaban J connectivity index is 1.94. The molecule has 1 saturated carbocycles. The van der Waals surface area contributed by atoms with Crippen LogP contribution in [0.5, 0.6) is 5.75 Å². The third-order valence-corrected chi connectivity index (χ3v) is 4.14. The van der Waals surface area contributed by atoms with Gasteiger partial charge in [0.25, 0.3) is 0 Å². The van der Waals surface area contributed by atoms with Gasteiger partial charge in [0, 0.05) is 0 Å². The highest BCUT2D eigenvalue weighted by Crippen LogP contribution is 2.32. The molecule has 2 N–H and O–H groups in total. The third-order valence-electron chi connectivity index (χ3n) is 4.14. The molecule has 1 aliphatic rings. The number of rotatable bonds is 4. The Bertz CT molecular complexity index is 672. The predicted molar refractivity (Wildman–Crippen MR) is 79.8 cm³/mol. The summed E-state index contributed by atoms with van der Waals surface area (Å²) in [5.41, 5.74) is -0.656. The zero-order chi connectivity index (χ0) is 14.9. The first kappa shape index (κ1) is 13.9. The molecule has 3 rings (SSSR count). The lowest BCUT2D eigenvalue weighted by atomic mass is 10.0. The number of carboxylic acids is 1. The van der Waals surface area contributed by atoms with E-state index in [1.807, 2.05) is 24.3 Å². The molecule has 0 aliphatic heterocycles. The fourth-order valence-corrected chi connectivity index (χ4v) is 2.98. The van der Waals surface area contributed by atoms with Gasteiger partial charge in [0.05, 0.1) is 5.60 Å². The summed E-state index contributed by atoms with van der Waals surface area (Å²) < 4.78 is 5.66. The monoisotopic (exact) mass is 286 g/mol. The van der Waals surface area contributed by atoms with Crippen LogP contribution in [-0.2, 0) is 0 Å². The normalized spacial score (nSPS) is 17.0. The lowest BCUT2D eigenvalue weighted by Crippen LogP contribution is -2.32. The van der Waals surface area contributed by atoms with Gasteiger partial charge in [0.15, 0.2) is 0 Å². The van der Waals surface area contributed by atoms with Crippen molar-refractivity contribution in [3.05, 3.63) is 42.0 Å². The molecule has 0 saturated heterocycles. The maximum atomic E-state index is 11.6. The van der Waals surface area contributed by atoms with E-state index in [0.717, 1.165) is 18.2 Å². The highest BCUT2D eigenvalue weighted by Gasteiger charge is 2.32. The molecule has 0 unspecified atom stereocenters. The van der Waals surface area contributed by atoms with Gasteiger partial charge >= 0.3 is 5.97 Å². The van der Waals surface area contributed by atoms with Gasteiger partial charge in [-0.1, -0.05) is 43.2 Å². The molecule has 2 aromatic carbocycles. The van der Waals surface area contributed by atoms with Crippen LogP contribution in [0.15, 0.2) is 36.4 Å². The molecule has 0 heterocycles. The minimum Gasteiger partial charge on any atom is -0.490 e. The highest BCUT2D eigenvalue weighted by molar-refractivity contribution is 6.06. The molecule has 4 heteroatoms. The maximum absolute atomic E-state index is 11.6. The number of carboxylic acid groups (broad SMARTS) is 1. The van der Waals surface area contributed by atoms with Crippen molar-refractivity contribution in [3.8, 4) is 5.75 Å². The van der Waals surface area contributed by atoms with Crippen molar-refractivity contribution in [2.45, 2.75) is 31.3 Å². The van der Waals surface area contributed by atoms with Crippen molar-refractivity contribution < 1.29 is 19.7 Å². The van der Waals surface area contributed by atoms with Crippen LogP contribution in [-0.4, -0.2) is 28.4 Å². The topological polar surface area (TPSA) is 66.8 Å². The fraction of sp³-hybridized carbons (Fsp3) is 0.353. The van der Waals surface area contributed by atoms with Gasteiger partial charge in [-0.05, 0) is 29.7 Å². The number of benzene rings is 2. The van der Waals surface area contributed by atoms with Crippen molar-refractivity contribution in [1.82, 2.24) is 0 Å². The SMILES string of the molecule is O=C(O)c1c(OCC2(O)CCCC2)ccc2ccccc12. The third kappa shape index (κ3) is 2.72. The number of ether oxygens (including phenoxy) is 1. The number of aliphatic hydroxyl groups is 1. The molecule has 0 bridgehead atoms. The molecule has 1 fully saturated rings. The van der Waals surface area contributed by atoms with E-state index in [4.69, 9.17) is 4.74 Å². The Morgan fingerprint density at radius 2 is 1.86 bits per heavy atom. The van der Waals surface area contributed by atoms with Gasteiger partial charge in [-0.3, -0.25) is 0 Å². The van der Waals surface area contributed by atoms with Crippen LogP contribution in [0.4, 0.5) is 0 Å². The predicted octanol–water partition coefficient (Wildman–Crippen LogP) is 3.22. The van der Waals surface area contributed by atoms with Crippen LogP contribution < -0.4 is 4.74 Å². The van der Waals surface area contributed by atoms with E-state index in [2.05, 4.69) is 0 Å². The van der Waals surface area contributed by atoms with Gasteiger partial charge in [0.2, 0.25) is 0 Å². The maximum Gasteiger partial charge on any atom is 0.340 e. The van der Waals surface area contributed by atoms with Gasteiger partial charge in [0.1, 0.15) is 17.9 Å². The van der Waals surface area contributed by atoms with E-state index < -0.39 is 11.6 Å². The number of carbonyl (C=O) groups is 1. The second-order valence-corrected chi connectivity index (χ2v) is 5.69. The quantitative estimate of drug-likeness (QED) is 0.905. The molecule has 0 atom stereocenters. The Morgan fingerprint density at radius 3 is 2.57 bits per heavy atom. The first-order valence-electron chi connectivity index (χ1n) is 7.19. The van der Waals surface area contributed by atoms with Crippen molar-refractivity contribution in [3.63, 3.8) is 0 Å². The summed E-state index contributed by atoms with van der Waals surface area (Å²) in [5, 5.41) is 21.3. The molecule has 0 amide bonds. The van der Waals surface area contributed by atoms with Crippen LogP contribution >= 0.6 is 0 Å². The largest absolute Gasteiger partial charge is 0.490 e. The highest BCUT2D eigenvalue weighted by atomic mass is 16.5. The molecular formula is C17H18O4. The van der Waals surface area contributed by atoms with Crippen LogP contribution in [0.25, 0.3) is 10.8 Å². The van der Waals surface area contributed by atoms with E-state index in [1.165, 1.54) is 0 Å². The van der Waals surface area contributed by atoms with Crippen LogP contribution in [0, 0.1) is 0 Å². The molecule has 0 aromatic heterocycles. The van der Waals surface area contributed by atoms with Crippen molar-refractivity contribution in [2.24, 2.45) is 0 Å². The molecule has 1 aliphatic carbocycles. The Kier molecular flexibility index (Phi) is 3.55. The average Bonchev–Trinajstić information content (AvgIpc) is 2.91. The van der Waals surface area contributed by atoms with Crippen molar-refractivity contribution >= 4 is 16.7 Å². The molecule has 110 valence electrons. The van der Waals surface area contributed by atoms with Crippen LogP contribution in [0.3, 0.4) is 0 Å². The standard InChI is InChI=1S/C17H18O4/c18-16(19)15-13-6-2-1-5-12(13)7-8-14(15)21-11-17(20)9-3-4-10-17/h1-2,5-8,20H,3-4,9-11H2,(H,18,19). The zero-order valence-electron chi connectivity index (χ0n) is 11.7. The van der Waals surface area contributed by atoms with Gasteiger partial charge < -0.3 is 14.9 Å². The van der Waals surface area contributed by atoms with E-state index in [0.29, 0.717) is 24.0 Å². The minimum absolute atomic E-state index is 0.144. The fourth-order valence-electron chi connectivity index (χ4n) is 2.98. The zero-order valence-corrected chi connectivity index (χ0v) is 11.7. The van der Waals surface area contributed by atoms with Crippen LogP contribution in [0.1, 0.15) is 36.0 Å². The van der Waals surface area contributed by atoms with Gasteiger partial charge in [-0.15, -0.1) is 0 Å². The minimum atomic E-state index is -1.01. The van der Waals surface area contributed by atoms with E-state index in [1.54, 1.807) is 12.1 Å². The second kappa shape index (κ2) is 5.37. The number of aromatic carboxylic acids is 1. The van der Waals surface area contributed by atoms with E-state index in [-0.39, 0.29) is 12.2 Å². The Labute approximate surface area is 123 Å². The summed E-state index contributed by atoms with van der Waals surface area (Å²) in [4.78, 5) is 11.6. The van der Waals surface area contributed by atoms with Crippen LogP contribution in [0.2, 0.25) is 0 Å². The van der Waals surface area contributed by atoms with Crippen molar-refractivity contribution in [1.29, 1.82) is 0 Å². The molecule has 0 radical (unpaired) electrons. The first-order valence-corrected chi connectivity index (χ1v) is 7.19. The molecule has 2 aromatic rings. The number of hydrogen-bond donors (Lipinski definition) is 2. The summed E-state index contributed by atoms with van der Waals surface area (Å²) in [5.74, 6) is -0.693. The van der Waals surface area contributed by atoms with E-state index >= 15 is 0 Å². The molecule has 21 heavy (non-hydrogen) atoms. The summed E-state index contributed by atoms with van der Waals surface area (Å²) in [7, 11) is 0. The Hall–Kier alpha value is -2.07.